The summed E-state index contributed by atoms with van der Waals surface area (Å²) in [7, 11) is 3.15. The highest BCUT2D eigenvalue weighted by atomic mass is 16.5. The van der Waals surface area contributed by atoms with Crippen LogP contribution >= 0.6 is 0 Å². The molecule has 2 rings (SSSR count). The minimum atomic E-state index is -0.328. The molecule has 110 valence electrons. The lowest BCUT2D eigenvalue weighted by Gasteiger charge is -2.15. The number of carbonyl (C=O) groups is 1. The number of nitrogens with zero attached hydrogens (tertiary/aromatic N) is 1. The lowest BCUT2D eigenvalue weighted by Crippen LogP contribution is -2.26. The van der Waals surface area contributed by atoms with Gasteiger partial charge in [-0.1, -0.05) is 12.1 Å². The smallest absolute Gasteiger partial charge is 0.261 e. The van der Waals surface area contributed by atoms with Crippen LogP contribution in [0.3, 0.4) is 0 Å². The van der Waals surface area contributed by atoms with Gasteiger partial charge in [0.1, 0.15) is 5.75 Å². The van der Waals surface area contributed by atoms with Crippen LogP contribution in [-0.2, 0) is 11.3 Å². The van der Waals surface area contributed by atoms with E-state index in [1.54, 1.807) is 20.3 Å². The summed E-state index contributed by atoms with van der Waals surface area (Å²) in [5, 5.41) is 0. The zero-order chi connectivity index (χ0) is 15.2. The molecule has 0 unspecified atom stereocenters. The van der Waals surface area contributed by atoms with Crippen molar-refractivity contribution in [2.24, 2.45) is 0 Å². The van der Waals surface area contributed by atoms with Gasteiger partial charge in [-0.05, 0) is 24.3 Å². The molecule has 0 saturated heterocycles. The number of carbonyl (C=O) groups excluding carboxylic acids is 1. The second kappa shape index (κ2) is 6.85. The maximum absolute atomic E-state index is 12.3. The zero-order valence-corrected chi connectivity index (χ0v) is 12.0. The van der Waals surface area contributed by atoms with Crippen molar-refractivity contribution < 1.29 is 14.3 Å². The quantitative estimate of drug-likeness (QED) is 0.762. The molecule has 5 heteroatoms. The first-order valence-electron chi connectivity index (χ1n) is 6.54. The summed E-state index contributed by atoms with van der Waals surface area (Å²) in [4.78, 5) is 23.3. The number of pyridine rings is 1. The fourth-order valence-corrected chi connectivity index (χ4v) is 2.18. The fraction of sp³-hybridized carbons (Fsp3) is 0.250. The first-order valence-corrected chi connectivity index (χ1v) is 6.54. The minimum absolute atomic E-state index is 0.129. The molecule has 1 aromatic heterocycles. The summed E-state index contributed by atoms with van der Waals surface area (Å²) >= 11 is 0. The topological polar surface area (TPSA) is 57.5 Å². The highest BCUT2D eigenvalue weighted by Gasteiger charge is 2.13. The Morgan fingerprint density at radius 3 is 2.57 bits per heavy atom. The Balaban J connectivity index is 2.65. The zero-order valence-electron chi connectivity index (χ0n) is 12.0. The number of hydrogen-bond acceptors (Lipinski definition) is 4. The van der Waals surface area contributed by atoms with Gasteiger partial charge in [0.2, 0.25) is 0 Å². The average molecular weight is 287 g/mol. The van der Waals surface area contributed by atoms with Gasteiger partial charge >= 0.3 is 0 Å². The molecule has 0 aliphatic rings. The van der Waals surface area contributed by atoms with E-state index in [-0.39, 0.29) is 11.1 Å². The molecule has 1 heterocycles. The lowest BCUT2D eigenvalue weighted by atomic mass is 10.1. The second-order valence-corrected chi connectivity index (χ2v) is 4.44. The Morgan fingerprint density at radius 1 is 1.14 bits per heavy atom. The largest absolute Gasteiger partial charge is 0.496 e. The molecule has 2 aromatic rings. The van der Waals surface area contributed by atoms with E-state index in [4.69, 9.17) is 9.47 Å². The summed E-state index contributed by atoms with van der Waals surface area (Å²) in [5.41, 5.74) is 1.29. The molecule has 0 amide bonds. The Hall–Kier alpha value is -2.40. The van der Waals surface area contributed by atoms with Crippen LogP contribution in [0.2, 0.25) is 0 Å². The third kappa shape index (κ3) is 3.03. The molecule has 0 aliphatic heterocycles. The Labute approximate surface area is 122 Å². The predicted molar refractivity (Wildman–Crippen MR) is 80.0 cm³/mol. The Kier molecular flexibility index (Phi) is 4.90. The molecular formula is C16H17NO4. The molecule has 0 bridgehead atoms. The number of aldehydes is 1. The van der Waals surface area contributed by atoms with Crippen LogP contribution in [0.1, 0.15) is 10.4 Å². The average Bonchev–Trinajstić information content (AvgIpc) is 2.53. The first kappa shape index (κ1) is 15.0. The summed E-state index contributed by atoms with van der Waals surface area (Å²) in [6, 6.07) is 10.7. The maximum Gasteiger partial charge on any atom is 0.261 e. The molecule has 0 saturated carbocycles. The predicted octanol–water partition coefficient (Wildman–Crippen LogP) is 1.98. The maximum atomic E-state index is 12.3. The highest BCUT2D eigenvalue weighted by molar-refractivity contribution is 5.76. The number of ether oxygens (including phenoxy) is 2. The van der Waals surface area contributed by atoms with E-state index in [0.717, 1.165) is 5.56 Å². The third-order valence-electron chi connectivity index (χ3n) is 3.23. The van der Waals surface area contributed by atoms with Crippen LogP contribution in [0.25, 0.3) is 11.3 Å². The second-order valence-electron chi connectivity index (χ2n) is 4.44. The van der Waals surface area contributed by atoms with Crippen LogP contribution in [0.5, 0.6) is 5.75 Å². The van der Waals surface area contributed by atoms with Crippen molar-refractivity contribution in [3.05, 3.63) is 52.3 Å². The molecule has 0 fully saturated rings. The van der Waals surface area contributed by atoms with E-state index < -0.39 is 0 Å². The van der Waals surface area contributed by atoms with E-state index in [0.29, 0.717) is 30.9 Å². The van der Waals surface area contributed by atoms with Crippen molar-refractivity contribution in [2.45, 2.75) is 6.54 Å². The van der Waals surface area contributed by atoms with Gasteiger partial charge in [0.05, 0.1) is 25.0 Å². The van der Waals surface area contributed by atoms with Crippen LogP contribution in [0.4, 0.5) is 0 Å². The standard InChI is InChI=1S/C16H17NO4/c1-20-10-9-17-14(8-7-12(11-18)16(17)19)13-5-3-4-6-15(13)21-2/h3-8,11H,9-10H2,1-2H3. The number of methoxy groups -OCH3 is 2. The van der Waals surface area contributed by atoms with Gasteiger partial charge in [0.15, 0.2) is 6.29 Å². The molecule has 0 N–H and O–H groups in total. The summed E-state index contributed by atoms with van der Waals surface area (Å²) in [6.45, 7) is 0.745. The van der Waals surface area contributed by atoms with Crippen molar-refractivity contribution in [1.29, 1.82) is 0 Å². The van der Waals surface area contributed by atoms with Crippen molar-refractivity contribution in [3.8, 4) is 17.0 Å². The van der Waals surface area contributed by atoms with E-state index in [9.17, 15) is 9.59 Å². The van der Waals surface area contributed by atoms with Crippen molar-refractivity contribution in [1.82, 2.24) is 4.57 Å². The molecule has 0 atom stereocenters. The van der Waals surface area contributed by atoms with Gasteiger partial charge in [-0.25, -0.2) is 0 Å². The van der Waals surface area contributed by atoms with Gasteiger partial charge in [0, 0.05) is 19.2 Å². The number of hydrogen-bond donors (Lipinski definition) is 0. The monoisotopic (exact) mass is 287 g/mol. The Bertz CT molecular complexity index is 691. The van der Waals surface area contributed by atoms with E-state index in [1.807, 2.05) is 24.3 Å². The van der Waals surface area contributed by atoms with Gasteiger partial charge in [-0.2, -0.15) is 0 Å². The van der Waals surface area contributed by atoms with Crippen molar-refractivity contribution in [3.63, 3.8) is 0 Å². The van der Waals surface area contributed by atoms with Gasteiger partial charge in [-0.3, -0.25) is 9.59 Å². The molecule has 0 spiro atoms. The number of para-hydroxylation sites is 1. The Morgan fingerprint density at radius 2 is 1.90 bits per heavy atom. The van der Waals surface area contributed by atoms with E-state index in [1.165, 1.54) is 10.6 Å². The first-order chi connectivity index (χ1) is 10.2. The molecule has 5 nitrogen and oxygen atoms in total. The van der Waals surface area contributed by atoms with Crippen LogP contribution in [0, 0.1) is 0 Å². The number of benzene rings is 1. The van der Waals surface area contributed by atoms with E-state index in [2.05, 4.69) is 0 Å². The van der Waals surface area contributed by atoms with E-state index >= 15 is 0 Å². The highest BCUT2D eigenvalue weighted by Crippen LogP contribution is 2.28. The fourth-order valence-electron chi connectivity index (χ4n) is 2.18. The molecular weight excluding hydrogens is 270 g/mol. The SMILES string of the molecule is COCCn1c(-c2ccccc2OC)ccc(C=O)c1=O. The molecule has 21 heavy (non-hydrogen) atoms. The van der Waals surface area contributed by atoms with Crippen LogP contribution in [-0.4, -0.2) is 31.7 Å². The number of rotatable bonds is 6. The van der Waals surface area contributed by atoms with Gasteiger partial charge in [0.25, 0.3) is 5.56 Å². The molecule has 1 aromatic carbocycles. The van der Waals surface area contributed by atoms with Crippen LogP contribution in [0.15, 0.2) is 41.2 Å². The van der Waals surface area contributed by atoms with Crippen LogP contribution < -0.4 is 10.3 Å². The molecule has 0 radical (unpaired) electrons. The third-order valence-corrected chi connectivity index (χ3v) is 3.23. The normalized spacial score (nSPS) is 10.4. The molecule has 0 aliphatic carbocycles. The number of aromatic nitrogens is 1. The van der Waals surface area contributed by atoms with Gasteiger partial charge in [-0.15, -0.1) is 0 Å². The lowest BCUT2D eigenvalue weighted by molar-refractivity contribution is 0.112. The summed E-state index contributed by atoms with van der Waals surface area (Å²) < 4.78 is 11.9. The van der Waals surface area contributed by atoms with Crippen molar-refractivity contribution >= 4 is 6.29 Å². The van der Waals surface area contributed by atoms with Crippen molar-refractivity contribution in [2.75, 3.05) is 20.8 Å². The van der Waals surface area contributed by atoms with Gasteiger partial charge < -0.3 is 14.0 Å². The summed E-state index contributed by atoms with van der Waals surface area (Å²) in [6.07, 6.45) is 0.567. The summed E-state index contributed by atoms with van der Waals surface area (Å²) in [5.74, 6) is 0.668. The minimum Gasteiger partial charge on any atom is -0.496 e.